The maximum atomic E-state index is 11.9. The molecule has 5 heteroatoms. The predicted octanol–water partition coefficient (Wildman–Crippen LogP) is 1.65. The third kappa shape index (κ3) is 3.22. The number of aliphatic hydroxyl groups excluding tert-OH is 1. The number of likely N-dealkylation sites (tertiary alicyclic amines) is 1. The maximum absolute atomic E-state index is 11.9. The van der Waals surface area contributed by atoms with Crippen LogP contribution in [0.15, 0.2) is 18.2 Å². The third-order valence-corrected chi connectivity index (χ3v) is 3.57. The number of hydrogen-bond acceptors (Lipinski definition) is 3. The fourth-order valence-electron chi connectivity index (χ4n) is 2.09. The molecule has 1 aliphatic rings. The van der Waals surface area contributed by atoms with Gasteiger partial charge in [-0.2, -0.15) is 0 Å². The summed E-state index contributed by atoms with van der Waals surface area (Å²) in [7, 11) is 0. The van der Waals surface area contributed by atoms with Crippen LogP contribution < -0.4 is 5.32 Å². The number of β-amino-alcohol motifs (C(OH)–C–C–N with tert-alkyl or cyclic N) is 1. The van der Waals surface area contributed by atoms with E-state index >= 15 is 0 Å². The summed E-state index contributed by atoms with van der Waals surface area (Å²) in [4.78, 5) is 13.8. The van der Waals surface area contributed by atoms with Crippen molar-refractivity contribution in [3.8, 4) is 0 Å². The van der Waals surface area contributed by atoms with Gasteiger partial charge in [0.2, 0.25) is 5.91 Å². The maximum Gasteiger partial charge on any atom is 0.238 e. The van der Waals surface area contributed by atoms with E-state index < -0.39 is 0 Å². The Morgan fingerprint density at radius 2 is 2.39 bits per heavy atom. The second kappa shape index (κ2) is 5.69. The molecule has 0 unspecified atom stereocenters. The number of nitrogens with one attached hydrogen (secondary N) is 1. The molecule has 0 spiro atoms. The molecule has 4 nitrogen and oxygen atoms in total. The van der Waals surface area contributed by atoms with Gasteiger partial charge in [-0.15, -0.1) is 0 Å². The molecule has 2 rings (SSSR count). The van der Waals surface area contributed by atoms with Crippen LogP contribution in [0.25, 0.3) is 0 Å². The molecule has 1 amide bonds. The number of aliphatic hydroxyl groups is 1. The van der Waals surface area contributed by atoms with Gasteiger partial charge in [0.25, 0.3) is 0 Å². The molecule has 0 radical (unpaired) electrons. The summed E-state index contributed by atoms with van der Waals surface area (Å²) in [6.07, 6.45) is 0.439. The van der Waals surface area contributed by atoms with Gasteiger partial charge in [0.15, 0.2) is 0 Å². The number of amides is 1. The van der Waals surface area contributed by atoms with Gasteiger partial charge in [-0.25, -0.2) is 0 Å². The van der Waals surface area contributed by atoms with Crippen LogP contribution in [0.4, 0.5) is 5.69 Å². The molecule has 0 bridgehead atoms. The highest BCUT2D eigenvalue weighted by Gasteiger charge is 2.22. The molecular formula is C13H17ClN2O2. The zero-order valence-electron chi connectivity index (χ0n) is 10.3. The lowest BCUT2D eigenvalue weighted by Gasteiger charge is -2.15. The first-order chi connectivity index (χ1) is 8.56. The minimum absolute atomic E-state index is 0.0746. The molecule has 1 atom stereocenters. The number of rotatable bonds is 3. The fourth-order valence-corrected chi connectivity index (χ4v) is 2.27. The normalized spacial score (nSPS) is 20.1. The van der Waals surface area contributed by atoms with E-state index in [0.717, 1.165) is 24.2 Å². The summed E-state index contributed by atoms with van der Waals surface area (Å²) in [5, 5.41) is 12.9. The van der Waals surface area contributed by atoms with Gasteiger partial charge >= 0.3 is 0 Å². The highest BCUT2D eigenvalue weighted by atomic mass is 35.5. The molecule has 1 aliphatic heterocycles. The molecule has 0 aliphatic carbocycles. The monoisotopic (exact) mass is 268 g/mol. The first-order valence-corrected chi connectivity index (χ1v) is 6.39. The quantitative estimate of drug-likeness (QED) is 0.877. The fraction of sp³-hybridized carbons (Fsp3) is 0.462. The summed E-state index contributed by atoms with van der Waals surface area (Å²) >= 11 is 5.99. The van der Waals surface area contributed by atoms with Crippen LogP contribution in [0.5, 0.6) is 0 Å². The van der Waals surface area contributed by atoms with Gasteiger partial charge in [0.1, 0.15) is 0 Å². The SMILES string of the molecule is Cc1c(Cl)cccc1NC(=O)CN1CC[C@H](O)C1. The summed E-state index contributed by atoms with van der Waals surface area (Å²) in [6, 6.07) is 5.44. The van der Waals surface area contributed by atoms with Crippen molar-refractivity contribution in [3.63, 3.8) is 0 Å². The smallest absolute Gasteiger partial charge is 0.238 e. The van der Waals surface area contributed by atoms with E-state index in [1.165, 1.54) is 0 Å². The van der Waals surface area contributed by atoms with Crippen molar-refractivity contribution in [2.24, 2.45) is 0 Å². The van der Waals surface area contributed by atoms with Gasteiger partial charge in [0.05, 0.1) is 12.6 Å². The highest BCUT2D eigenvalue weighted by molar-refractivity contribution is 6.31. The van der Waals surface area contributed by atoms with Crippen molar-refractivity contribution in [1.29, 1.82) is 0 Å². The lowest BCUT2D eigenvalue weighted by molar-refractivity contribution is -0.117. The molecule has 0 saturated carbocycles. The van der Waals surface area contributed by atoms with Gasteiger partial charge in [-0.3, -0.25) is 9.69 Å². The zero-order valence-corrected chi connectivity index (χ0v) is 11.1. The number of benzene rings is 1. The van der Waals surface area contributed by atoms with Crippen molar-refractivity contribution in [3.05, 3.63) is 28.8 Å². The summed E-state index contributed by atoms with van der Waals surface area (Å²) in [5.74, 6) is -0.0746. The molecular weight excluding hydrogens is 252 g/mol. The number of hydrogen-bond donors (Lipinski definition) is 2. The standard InChI is InChI=1S/C13H17ClN2O2/c1-9-11(14)3-2-4-12(9)15-13(18)8-16-6-5-10(17)7-16/h2-4,10,17H,5-8H2,1H3,(H,15,18)/t10-/m0/s1. The van der Waals surface area contributed by atoms with E-state index in [1.807, 2.05) is 24.0 Å². The van der Waals surface area contributed by atoms with E-state index in [9.17, 15) is 9.90 Å². The Balaban J connectivity index is 1.93. The molecule has 18 heavy (non-hydrogen) atoms. The van der Waals surface area contributed by atoms with Crippen molar-refractivity contribution in [1.82, 2.24) is 4.90 Å². The summed E-state index contributed by atoms with van der Waals surface area (Å²) in [6.45, 7) is 3.52. The second-order valence-electron chi connectivity index (χ2n) is 4.64. The van der Waals surface area contributed by atoms with Crippen LogP contribution in [0.1, 0.15) is 12.0 Å². The Morgan fingerprint density at radius 3 is 3.06 bits per heavy atom. The number of anilines is 1. The van der Waals surface area contributed by atoms with Gasteiger partial charge < -0.3 is 10.4 Å². The molecule has 1 aromatic rings. The van der Waals surface area contributed by atoms with E-state index in [2.05, 4.69) is 5.32 Å². The Labute approximate surface area is 112 Å². The summed E-state index contributed by atoms with van der Waals surface area (Å²) in [5.41, 5.74) is 1.61. The Morgan fingerprint density at radius 1 is 1.61 bits per heavy atom. The second-order valence-corrected chi connectivity index (χ2v) is 5.05. The molecule has 1 fully saturated rings. The Hall–Kier alpha value is -1.10. The highest BCUT2D eigenvalue weighted by Crippen LogP contribution is 2.22. The van der Waals surface area contributed by atoms with E-state index in [4.69, 9.17) is 11.6 Å². The van der Waals surface area contributed by atoms with Crippen molar-refractivity contribution >= 4 is 23.2 Å². The van der Waals surface area contributed by atoms with Crippen LogP contribution in [-0.2, 0) is 4.79 Å². The lowest BCUT2D eigenvalue weighted by Crippen LogP contribution is -2.32. The molecule has 2 N–H and O–H groups in total. The Kier molecular flexibility index (Phi) is 4.22. The zero-order chi connectivity index (χ0) is 13.1. The van der Waals surface area contributed by atoms with Gasteiger partial charge in [-0.1, -0.05) is 17.7 Å². The summed E-state index contributed by atoms with van der Waals surface area (Å²) < 4.78 is 0. The predicted molar refractivity (Wildman–Crippen MR) is 71.9 cm³/mol. The van der Waals surface area contributed by atoms with Crippen molar-refractivity contribution < 1.29 is 9.90 Å². The van der Waals surface area contributed by atoms with Gasteiger partial charge in [-0.05, 0) is 31.0 Å². The first-order valence-electron chi connectivity index (χ1n) is 6.01. The van der Waals surface area contributed by atoms with Crippen LogP contribution in [-0.4, -0.2) is 41.7 Å². The third-order valence-electron chi connectivity index (χ3n) is 3.16. The molecule has 98 valence electrons. The average Bonchev–Trinajstić information content (AvgIpc) is 2.70. The minimum Gasteiger partial charge on any atom is -0.392 e. The van der Waals surface area contributed by atoms with Crippen LogP contribution in [0.3, 0.4) is 0 Å². The molecule has 1 aromatic carbocycles. The van der Waals surface area contributed by atoms with Crippen LogP contribution in [0, 0.1) is 6.92 Å². The van der Waals surface area contributed by atoms with Crippen LogP contribution >= 0.6 is 11.6 Å². The molecule has 0 aromatic heterocycles. The lowest BCUT2D eigenvalue weighted by atomic mass is 10.2. The van der Waals surface area contributed by atoms with Crippen LogP contribution in [0.2, 0.25) is 5.02 Å². The van der Waals surface area contributed by atoms with E-state index in [1.54, 1.807) is 6.07 Å². The number of nitrogens with zero attached hydrogens (tertiary/aromatic N) is 1. The van der Waals surface area contributed by atoms with Crippen molar-refractivity contribution in [2.45, 2.75) is 19.4 Å². The topological polar surface area (TPSA) is 52.6 Å². The number of carbonyl (C=O) groups is 1. The first kappa shape index (κ1) is 13.3. The van der Waals surface area contributed by atoms with E-state index in [0.29, 0.717) is 18.1 Å². The van der Waals surface area contributed by atoms with Crippen molar-refractivity contribution in [2.75, 3.05) is 25.0 Å². The number of halogens is 1. The Bertz CT molecular complexity index is 451. The largest absolute Gasteiger partial charge is 0.392 e. The van der Waals surface area contributed by atoms with Gasteiger partial charge in [0, 0.05) is 23.8 Å². The minimum atomic E-state index is -0.300. The molecule has 1 saturated heterocycles. The number of carbonyl (C=O) groups excluding carboxylic acids is 1. The molecule has 1 heterocycles. The average molecular weight is 269 g/mol. The van der Waals surface area contributed by atoms with E-state index in [-0.39, 0.29) is 12.0 Å².